The Morgan fingerprint density at radius 2 is 1.87 bits per heavy atom. The Morgan fingerprint density at radius 3 is 2.53 bits per heavy atom. The van der Waals surface area contributed by atoms with Crippen LogP contribution in [0.5, 0.6) is 0 Å². The molecule has 0 fully saturated rings. The molecule has 1 heterocycles. The van der Waals surface area contributed by atoms with Gasteiger partial charge in [-0.3, -0.25) is 0 Å². The summed E-state index contributed by atoms with van der Waals surface area (Å²) in [6.07, 6.45) is 1.40. The van der Waals surface area contributed by atoms with Gasteiger partial charge in [-0.05, 0) is 18.2 Å². The van der Waals surface area contributed by atoms with E-state index >= 15 is 0 Å². The van der Waals surface area contributed by atoms with Gasteiger partial charge in [0.05, 0.1) is 0 Å². The SMILES string of the molecule is Fc1cccc(-c2ccc(Cl)nc2)c1F. The molecule has 0 amide bonds. The number of halogens is 3. The average Bonchev–Trinajstić information content (AvgIpc) is 2.24. The fourth-order valence-electron chi connectivity index (χ4n) is 1.26. The fraction of sp³-hybridized carbons (Fsp3) is 0. The monoisotopic (exact) mass is 225 g/mol. The maximum atomic E-state index is 13.4. The van der Waals surface area contributed by atoms with Gasteiger partial charge >= 0.3 is 0 Å². The predicted molar refractivity (Wildman–Crippen MR) is 54.6 cm³/mol. The molecule has 0 saturated heterocycles. The molecule has 1 aromatic carbocycles. The van der Waals surface area contributed by atoms with Crippen molar-refractivity contribution in [2.75, 3.05) is 0 Å². The van der Waals surface area contributed by atoms with Crippen molar-refractivity contribution in [2.45, 2.75) is 0 Å². The lowest BCUT2D eigenvalue weighted by Crippen LogP contribution is -1.89. The number of aromatic nitrogens is 1. The molecule has 76 valence electrons. The third-order valence-electron chi connectivity index (χ3n) is 1.99. The highest BCUT2D eigenvalue weighted by molar-refractivity contribution is 6.29. The third-order valence-corrected chi connectivity index (χ3v) is 2.21. The summed E-state index contributed by atoms with van der Waals surface area (Å²) in [6.45, 7) is 0. The minimum absolute atomic E-state index is 0.180. The second kappa shape index (κ2) is 3.95. The minimum Gasteiger partial charge on any atom is -0.244 e. The third kappa shape index (κ3) is 1.97. The quantitative estimate of drug-likeness (QED) is 0.675. The Kier molecular flexibility index (Phi) is 2.64. The molecule has 0 aliphatic carbocycles. The van der Waals surface area contributed by atoms with E-state index in [-0.39, 0.29) is 5.56 Å². The van der Waals surface area contributed by atoms with Gasteiger partial charge in [0.25, 0.3) is 0 Å². The van der Waals surface area contributed by atoms with Crippen molar-refractivity contribution >= 4 is 11.6 Å². The number of nitrogens with zero attached hydrogens (tertiary/aromatic N) is 1. The molecule has 0 aliphatic rings. The largest absolute Gasteiger partial charge is 0.244 e. The summed E-state index contributed by atoms with van der Waals surface area (Å²) < 4.78 is 26.3. The molecule has 2 rings (SSSR count). The van der Waals surface area contributed by atoms with Crippen molar-refractivity contribution in [2.24, 2.45) is 0 Å². The van der Waals surface area contributed by atoms with Crippen LogP contribution in [-0.2, 0) is 0 Å². The summed E-state index contributed by atoms with van der Waals surface area (Å²) in [6, 6.07) is 7.13. The van der Waals surface area contributed by atoms with E-state index in [0.717, 1.165) is 6.07 Å². The first-order chi connectivity index (χ1) is 7.18. The van der Waals surface area contributed by atoms with Crippen LogP contribution in [0.3, 0.4) is 0 Å². The van der Waals surface area contributed by atoms with E-state index < -0.39 is 11.6 Å². The zero-order valence-corrected chi connectivity index (χ0v) is 8.30. The van der Waals surface area contributed by atoms with Crippen LogP contribution in [0.25, 0.3) is 11.1 Å². The Bertz CT molecular complexity index is 482. The van der Waals surface area contributed by atoms with Crippen molar-refractivity contribution in [3.8, 4) is 11.1 Å². The summed E-state index contributed by atoms with van der Waals surface area (Å²) in [7, 11) is 0. The number of rotatable bonds is 1. The van der Waals surface area contributed by atoms with Gasteiger partial charge in [-0.25, -0.2) is 13.8 Å². The zero-order chi connectivity index (χ0) is 10.8. The molecule has 0 N–H and O–H groups in total. The molecule has 1 aromatic heterocycles. The lowest BCUT2D eigenvalue weighted by Gasteiger charge is -2.03. The summed E-state index contributed by atoms with van der Waals surface area (Å²) in [5.41, 5.74) is 0.676. The molecule has 15 heavy (non-hydrogen) atoms. The van der Waals surface area contributed by atoms with Crippen LogP contribution in [0.2, 0.25) is 5.15 Å². The predicted octanol–water partition coefficient (Wildman–Crippen LogP) is 3.68. The van der Waals surface area contributed by atoms with E-state index in [1.807, 2.05) is 0 Å². The van der Waals surface area contributed by atoms with Gasteiger partial charge in [0.15, 0.2) is 11.6 Å². The van der Waals surface area contributed by atoms with E-state index in [9.17, 15) is 8.78 Å². The molecule has 4 heteroatoms. The van der Waals surface area contributed by atoms with Gasteiger partial charge < -0.3 is 0 Å². The van der Waals surface area contributed by atoms with E-state index in [2.05, 4.69) is 4.98 Å². The smallest absolute Gasteiger partial charge is 0.166 e. The average molecular weight is 226 g/mol. The Hall–Kier alpha value is -1.48. The van der Waals surface area contributed by atoms with Gasteiger partial charge in [-0.2, -0.15) is 0 Å². The standard InChI is InChI=1S/C11H6ClF2N/c12-10-5-4-7(6-15-10)8-2-1-3-9(13)11(8)14/h1-6H. The highest BCUT2D eigenvalue weighted by Crippen LogP contribution is 2.24. The van der Waals surface area contributed by atoms with Crippen molar-refractivity contribution in [1.82, 2.24) is 4.98 Å². The van der Waals surface area contributed by atoms with Crippen molar-refractivity contribution < 1.29 is 8.78 Å². The Labute approximate surface area is 90.3 Å². The van der Waals surface area contributed by atoms with Gasteiger partial charge in [0, 0.05) is 17.3 Å². The van der Waals surface area contributed by atoms with Crippen molar-refractivity contribution in [3.05, 3.63) is 53.3 Å². The second-order valence-corrected chi connectivity index (χ2v) is 3.36. The molecule has 0 spiro atoms. The molecule has 0 saturated carbocycles. The van der Waals surface area contributed by atoms with Crippen LogP contribution in [0.1, 0.15) is 0 Å². The summed E-state index contributed by atoms with van der Waals surface area (Å²) in [4.78, 5) is 3.80. The summed E-state index contributed by atoms with van der Waals surface area (Å²) in [5.74, 6) is -1.75. The highest BCUT2D eigenvalue weighted by Gasteiger charge is 2.09. The van der Waals surface area contributed by atoms with Crippen LogP contribution < -0.4 is 0 Å². The second-order valence-electron chi connectivity index (χ2n) is 2.97. The lowest BCUT2D eigenvalue weighted by molar-refractivity contribution is 0.511. The van der Waals surface area contributed by atoms with Crippen molar-refractivity contribution in [3.63, 3.8) is 0 Å². The Balaban J connectivity index is 2.54. The highest BCUT2D eigenvalue weighted by atomic mass is 35.5. The lowest BCUT2D eigenvalue weighted by atomic mass is 10.1. The minimum atomic E-state index is -0.873. The Morgan fingerprint density at radius 1 is 1.07 bits per heavy atom. The van der Waals surface area contributed by atoms with Crippen LogP contribution in [0, 0.1) is 11.6 Å². The van der Waals surface area contributed by atoms with Crippen LogP contribution in [0.15, 0.2) is 36.5 Å². The van der Waals surface area contributed by atoms with Crippen LogP contribution in [-0.4, -0.2) is 4.98 Å². The number of hydrogen-bond donors (Lipinski definition) is 0. The maximum absolute atomic E-state index is 13.4. The van der Waals surface area contributed by atoms with Crippen LogP contribution in [0.4, 0.5) is 8.78 Å². The van der Waals surface area contributed by atoms with Crippen molar-refractivity contribution in [1.29, 1.82) is 0 Å². The number of hydrogen-bond acceptors (Lipinski definition) is 1. The van der Waals surface area contributed by atoms with E-state index in [0.29, 0.717) is 10.7 Å². The molecule has 0 bridgehead atoms. The fourth-order valence-corrected chi connectivity index (χ4v) is 1.37. The number of pyridine rings is 1. The van der Waals surface area contributed by atoms with Gasteiger partial charge in [-0.15, -0.1) is 0 Å². The van der Waals surface area contributed by atoms with E-state index in [1.54, 1.807) is 6.07 Å². The maximum Gasteiger partial charge on any atom is 0.166 e. The topological polar surface area (TPSA) is 12.9 Å². The molecular weight excluding hydrogens is 220 g/mol. The first-order valence-corrected chi connectivity index (χ1v) is 4.62. The van der Waals surface area contributed by atoms with E-state index in [4.69, 9.17) is 11.6 Å². The normalized spacial score (nSPS) is 10.3. The molecule has 0 aliphatic heterocycles. The van der Waals surface area contributed by atoms with Gasteiger partial charge in [0.1, 0.15) is 5.15 Å². The van der Waals surface area contributed by atoms with E-state index in [1.165, 1.54) is 24.4 Å². The molecular formula is C11H6ClF2N. The molecule has 2 aromatic rings. The molecule has 0 unspecified atom stereocenters. The number of benzene rings is 1. The van der Waals surface area contributed by atoms with Gasteiger partial charge in [-0.1, -0.05) is 23.7 Å². The first kappa shape index (κ1) is 10.1. The first-order valence-electron chi connectivity index (χ1n) is 4.24. The molecule has 0 atom stereocenters. The van der Waals surface area contributed by atoms with Gasteiger partial charge in [0.2, 0.25) is 0 Å². The summed E-state index contributed by atoms with van der Waals surface area (Å²) >= 11 is 5.59. The van der Waals surface area contributed by atoms with Crippen LogP contribution >= 0.6 is 11.6 Å². The summed E-state index contributed by atoms with van der Waals surface area (Å²) in [5, 5.41) is 0.315. The zero-order valence-electron chi connectivity index (χ0n) is 7.55. The molecule has 1 nitrogen and oxygen atoms in total. The molecule has 0 radical (unpaired) electrons.